The Bertz CT molecular complexity index is 1070. The molecule has 1 heterocycles. The lowest BCUT2D eigenvalue weighted by molar-refractivity contribution is 0.102. The summed E-state index contributed by atoms with van der Waals surface area (Å²) in [6.45, 7) is 7.09. The third kappa shape index (κ3) is 5.01. The second kappa shape index (κ2) is 9.41. The zero-order valence-electron chi connectivity index (χ0n) is 17.8. The molecule has 1 amide bonds. The number of anilines is 4. The van der Waals surface area contributed by atoms with E-state index in [9.17, 15) is 4.79 Å². The molecule has 0 spiro atoms. The van der Waals surface area contributed by atoms with Crippen molar-refractivity contribution in [2.45, 2.75) is 19.9 Å². The van der Waals surface area contributed by atoms with Crippen molar-refractivity contribution in [3.05, 3.63) is 82.9 Å². The van der Waals surface area contributed by atoms with Gasteiger partial charge in [0.05, 0.1) is 11.3 Å². The van der Waals surface area contributed by atoms with Crippen molar-refractivity contribution in [1.82, 2.24) is 5.32 Å². The molecule has 160 valence electrons. The molecule has 1 fully saturated rings. The van der Waals surface area contributed by atoms with Crippen LogP contribution in [0.25, 0.3) is 0 Å². The minimum Gasteiger partial charge on any atom is -0.369 e. The summed E-state index contributed by atoms with van der Waals surface area (Å²) >= 11 is 6.24. The smallest absolute Gasteiger partial charge is 0.257 e. The number of amides is 1. The SMILES string of the molecule is Cc1c(Cl)cccc1Nc1ccccc1C(=O)Nc1ccc(N2CCN[C@@H](C)C2)cc1. The topological polar surface area (TPSA) is 56.4 Å². The molecular weight excluding hydrogens is 408 g/mol. The molecule has 4 rings (SSSR count). The zero-order chi connectivity index (χ0) is 21.8. The molecule has 0 unspecified atom stereocenters. The lowest BCUT2D eigenvalue weighted by Gasteiger charge is -2.33. The number of nitrogens with one attached hydrogen (secondary N) is 3. The molecule has 1 aliphatic rings. The molecule has 0 aliphatic carbocycles. The van der Waals surface area contributed by atoms with Crippen molar-refractivity contribution in [3.8, 4) is 0 Å². The average Bonchev–Trinajstić information content (AvgIpc) is 2.78. The van der Waals surface area contributed by atoms with Crippen molar-refractivity contribution in [2.24, 2.45) is 0 Å². The normalized spacial score (nSPS) is 16.1. The van der Waals surface area contributed by atoms with Gasteiger partial charge in [-0.15, -0.1) is 0 Å². The molecule has 0 aromatic heterocycles. The van der Waals surface area contributed by atoms with E-state index in [0.29, 0.717) is 16.6 Å². The number of piperazine rings is 1. The minimum atomic E-state index is -0.161. The highest BCUT2D eigenvalue weighted by Crippen LogP contribution is 2.28. The first-order valence-electron chi connectivity index (χ1n) is 10.5. The van der Waals surface area contributed by atoms with E-state index in [2.05, 4.69) is 39.9 Å². The van der Waals surface area contributed by atoms with Crippen LogP contribution in [0.2, 0.25) is 5.02 Å². The number of rotatable bonds is 5. The van der Waals surface area contributed by atoms with Crippen LogP contribution in [-0.2, 0) is 0 Å². The van der Waals surface area contributed by atoms with E-state index in [0.717, 1.165) is 42.3 Å². The highest BCUT2D eigenvalue weighted by Gasteiger charge is 2.16. The van der Waals surface area contributed by atoms with Crippen molar-refractivity contribution in [3.63, 3.8) is 0 Å². The predicted octanol–water partition coefficient (Wildman–Crippen LogP) is 5.44. The van der Waals surface area contributed by atoms with Crippen LogP contribution in [0, 0.1) is 6.92 Å². The molecule has 0 saturated carbocycles. The van der Waals surface area contributed by atoms with Crippen molar-refractivity contribution in [2.75, 3.05) is 35.2 Å². The highest BCUT2D eigenvalue weighted by atomic mass is 35.5. The number of hydrogen-bond acceptors (Lipinski definition) is 4. The first-order chi connectivity index (χ1) is 15.0. The monoisotopic (exact) mass is 434 g/mol. The first-order valence-corrected chi connectivity index (χ1v) is 10.9. The van der Waals surface area contributed by atoms with E-state index in [1.807, 2.05) is 61.5 Å². The van der Waals surface area contributed by atoms with E-state index in [-0.39, 0.29) is 5.91 Å². The van der Waals surface area contributed by atoms with E-state index in [1.54, 1.807) is 0 Å². The average molecular weight is 435 g/mol. The summed E-state index contributed by atoms with van der Waals surface area (Å²) in [5.41, 5.74) is 5.06. The molecule has 6 heteroatoms. The molecule has 31 heavy (non-hydrogen) atoms. The zero-order valence-corrected chi connectivity index (χ0v) is 18.5. The number of para-hydroxylation sites is 1. The van der Waals surface area contributed by atoms with Gasteiger partial charge in [0.2, 0.25) is 0 Å². The molecule has 1 saturated heterocycles. The Labute approximate surface area is 188 Å². The van der Waals surface area contributed by atoms with Crippen LogP contribution in [0.4, 0.5) is 22.7 Å². The van der Waals surface area contributed by atoms with Crippen LogP contribution in [0.1, 0.15) is 22.8 Å². The van der Waals surface area contributed by atoms with Crippen molar-refractivity contribution >= 4 is 40.3 Å². The Kier molecular flexibility index (Phi) is 6.44. The van der Waals surface area contributed by atoms with E-state index >= 15 is 0 Å². The number of carbonyl (C=O) groups is 1. The molecule has 3 aromatic carbocycles. The molecule has 3 aromatic rings. The van der Waals surface area contributed by atoms with Gasteiger partial charge in [0.25, 0.3) is 5.91 Å². The number of benzene rings is 3. The minimum absolute atomic E-state index is 0.161. The quantitative estimate of drug-likeness (QED) is 0.500. The van der Waals surface area contributed by atoms with Gasteiger partial charge in [0, 0.05) is 47.8 Å². The fourth-order valence-corrected chi connectivity index (χ4v) is 3.97. The van der Waals surface area contributed by atoms with Crippen LogP contribution < -0.4 is 20.9 Å². The van der Waals surface area contributed by atoms with Gasteiger partial charge in [0.15, 0.2) is 0 Å². The number of nitrogens with zero attached hydrogens (tertiary/aromatic N) is 1. The second-order valence-electron chi connectivity index (χ2n) is 7.89. The summed E-state index contributed by atoms with van der Waals surface area (Å²) in [4.78, 5) is 15.4. The Hall–Kier alpha value is -3.02. The third-order valence-electron chi connectivity index (χ3n) is 5.57. The van der Waals surface area contributed by atoms with Gasteiger partial charge < -0.3 is 20.9 Å². The maximum atomic E-state index is 13.0. The molecule has 3 N–H and O–H groups in total. The van der Waals surface area contributed by atoms with Gasteiger partial charge in [-0.25, -0.2) is 0 Å². The molecule has 1 atom stereocenters. The predicted molar refractivity (Wildman–Crippen MR) is 130 cm³/mol. The first kappa shape index (κ1) is 21.2. The fourth-order valence-electron chi connectivity index (χ4n) is 3.80. The van der Waals surface area contributed by atoms with Crippen LogP contribution in [0.5, 0.6) is 0 Å². The van der Waals surface area contributed by atoms with Gasteiger partial charge in [0.1, 0.15) is 0 Å². The summed E-state index contributed by atoms with van der Waals surface area (Å²) in [5, 5.41) is 10.5. The Morgan fingerprint density at radius 3 is 2.55 bits per heavy atom. The maximum Gasteiger partial charge on any atom is 0.257 e. The van der Waals surface area contributed by atoms with Crippen LogP contribution in [-0.4, -0.2) is 31.6 Å². The maximum absolute atomic E-state index is 13.0. The third-order valence-corrected chi connectivity index (χ3v) is 5.98. The number of hydrogen-bond donors (Lipinski definition) is 3. The Morgan fingerprint density at radius 1 is 1.03 bits per heavy atom. The van der Waals surface area contributed by atoms with Crippen molar-refractivity contribution in [1.29, 1.82) is 0 Å². The van der Waals surface area contributed by atoms with Gasteiger partial charge in [-0.1, -0.05) is 29.8 Å². The molecule has 0 bridgehead atoms. The van der Waals surface area contributed by atoms with Crippen LogP contribution >= 0.6 is 11.6 Å². The van der Waals surface area contributed by atoms with Gasteiger partial charge in [-0.2, -0.15) is 0 Å². The molecule has 0 radical (unpaired) electrons. The summed E-state index contributed by atoms with van der Waals surface area (Å²) in [6.07, 6.45) is 0. The Morgan fingerprint density at radius 2 is 1.77 bits per heavy atom. The number of carbonyl (C=O) groups excluding carboxylic acids is 1. The summed E-state index contributed by atoms with van der Waals surface area (Å²) in [6, 6.07) is 21.7. The lowest BCUT2D eigenvalue weighted by Crippen LogP contribution is -2.49. The summed E-state index contributed by atoms with van der Waals surface area (Å²) in [7, 11) is 0. The second-order valence-corrected chi connectivity index (χ2v) is 8.29. The largest absolute Gasteiger partial charge is 0.369 e. The van der Waals surface area contributed by atoms with E-state index in [4.69, 9.17) is 11.6 Å². The van der Waals surface area contributed by atoms with Crippen LogP contribution in [0.15, 0.2) is 66.7 Å². The summed E-state index contributed by atoms with van der Waals surface area (Å²) in [5.74, 6) is -0.161. The molecule has 1 aliphatic heterocycles. The highest BCUT2D eigenvalue weighted by molar-refractivity contribution is 6.31. The standard InChI is InChI=1S/C25H27ClN4O/c1-17-16-30(15-14-27-17)20-12-10-19(11-13-20)28-25(31)21-6-3-4-8-24(21)29-23-9-5-7-22(26)18(23)2/h3-13,17,27,29H,14-16H2,1-2H3,(H,28,31)/t17-/m0/s1. The van der Waals surface area contributed by atoms with E-state index < -0.39 is 0 Å². The fraction of sp³-hybridized carbons (Fsp3) is 0.240. The van der Waals surface area contributed by atoms with Crippen LogP contribution in [0.3, 0.4) is 0 Å². The molecule has 5 nitrogen and oxygen atoms in total. The number of halogens is 1. The Balaban J connectivity index is 1.48. The lowest BCUT2D eigenvalue weighted by atomic mass is 10.1. The van der Waals surface area contributed by atoms with Crippen molar-refractivity contribution < 1.29 is 4.79 Å². The van der Waals surface area contributed by atoms with Gasteiger partial charge in [-0.3, -0.25) is 4.79 Å². The van der Waals surface area contributed by atoms with Gasteiger partial charge in [-0.05, 0) is 67.9 Å². The summed E-state index contributed by atoms with van der Waals surface area (Å²) < 4.78 is 0. The van der Waals surface area contributed by atoms with Gasteiger partial charge >= 0.3 is 0 Å². The van der Waals surface area contributed by atoms with E-state index in [1.165, 1.54) is 5.69 Å². The molecular formula is C25H27ClN4O.